The lowest BCUT2D eigenvalue weighted by Gasteiger charge is -2.38. The van der Waals surface area contributed by atoms with Gasteiger partial charge in [0.2, 0.25) is 11.9 Å². The summed E-state index contributed by atoms with van der Waals surface area (Å²) >= 11 is 0. The number of methoxy groups -OCH3 is 1. The fraction of sp³-hybridized carbons (Fsp3) is 0.579. The van der Waals surface area contributed by atoms with Gasteiger partial charge in [-0.15, -0.1) is 0 Å². The first-order valence-corrected chi connectivity index (χ1v) is 9.74. The molecule has 2 aliphatic rings. The fourth-order valence-corrected chi connectivity index (χ4v) is 3.67. The van der Waals surface area contributed by atoms with E-state index in [9.17, 15) is 0 Å². The quantitative estimate of drug-likeness (QED) is 0.754. The van der Waals surface area contributed by atoms with Gasteiger partial charge in [0.1, 0.15) is 5.82 Å². The van der Waals surface area contributed by atoms with Gasteiger partial charge in [-0.3, -0.25) is 0 Å². The summed E-state index contributed by atoms with van der Waals surface area (Å²) in [5, 5.41) is 0. The average molecular weight is 385 g/mol. The molecule has 2 aliphatic heterocycles. The Morgan fingerprint density at radius 3 is 2.64 bits per heavy atom. The Balaban J connectivity index is 1.45. The zero-order chi connectivity index (χ0) is 19.3. The van der Waals surface area contributed by atoms with E-state index in [0.717, 1.165) is 69.9 Å². The van der Waals surface area contributed by atoms with Gasteiger partial charge in [-0.2, -0.15) is 4.98 Å². The molecule has 0 aliphatic carbocycles. The summed E-state index contributed by atoms with van der Waals surface area (Å²) in [7, 11) is 3.69. The van der Waals surface area contributed by atoms with Crippen LogP contribution in [0.15, 0.2) is 24.7 Å². The van der Waals surface area contributed by atoms with Crippen molar-refractivity contribution in [2.75, 3.05) is 68.2 Å². The average Bonchev–Trinajstić information content (AvgIpc) is 2.79. The molecule has 0 saturated carbocycles. The number of piperidine rings is 1. The molecule has 0 amide bonds. The number of hydrogen-bond acceptors (Lipinski definition) is 9. The van der Waals surface area contributed by atoms with E-state index in [2.05, 4.69) is 36.7 Å². The summed E-state index contributed by atoms with van der Waals surface area (Å²) in [6.45, 7) is 5.01. The highest BCUT2D eigenvalue weighted by Gasteiger charge is 2.26. The molecule has 1 unspecified atom stereocenters. The van der Waals surface area contributed by atoms with E-state index in [-0.39, 0.29) is 0 Å². The minimum atomic E-state index is 0.305. The number of likely N-dealkylation sites (N-methyl/N-ethyl adjacent to an activating group) is 1. The van der Waals surface area contributed by atoms with Crippen molar-refractivity contribution in [3.05, 3.63) is 24.7 Å². The number of rotatable bonds is 5. The molecule has 4 rings (SSSR count). The van der Waals surface area contributed by atoms with Crippen LogP contribution >= 0.6 is 0 Å². The Morgan fingerprint density at radius 2 is 1.89 bits per heavy atom. The van der Waals surface area contributed by atoms with Crippen LogP contribution in [-0.4, -0.2) is 79.5 Å². The maximum absolute atomic E-state index is 5.44. The van der Waals surface area contributed by atoms with E-state index in [1.165, 1.54) is 0 Å². The topological polar surface area (TPSA) is 79.7 Å². The van der Waals surface area contributed by atoms with E-state index < -0.39 is 0 Å². The lowest BCUT2D eigenvalue weighted by atomic mass is 10.1. The molecule has 0 N–H and O–H groups in total. The fourth-order valence-electron chi connectivity index (χ4n) is 3.67. The maximum atomic E-state index is 5.44. The monoisotopic (exact) mass is 385 g/mol. The number of ether oxygens (including phenoxy) is 2. The van der Waals surface area contributed by atoms with E-state index in [1.54, 1.807) is 19.5 Å². The van der Waals surface area contributed by atoms with Crippen LogP contribution in [0, 0.1) is 0 Å². The molecule has 28 heavy (non-hydrogen) atoms. The first kappa shape index (κ1) is 18.7. The second-order valence-corrected chi connectivity index (χ2v) is 7.09. The van der Waals surface area contributed by atoms with Gasteiger partial charge in [0.25, 0.3) is 0 Å². The second-order valence-electron chi connectivity index (χ2n) is 7.09. The summed E-state index contributed by atoms with van der Waals surface area (Å²) in [5.41, 5.74) is 0. The lowest BCUT2D eigenvalue weighted by molar-refractivity contribution is 0.122. The van der Waals surface area contributed by atoms with E-state index in [0.29, 0.717) is 11.8 Å². The molecular weight excluding hydrogens is 358 g/mol. The highest BCUT2D eigenvalue weighted by atomic mass is 16.5. The molecule has 4 heterocycles. The highest BCUT2D eigenvalue weighted by Crippen LogP contribution is 2.23. The highest BCUT2D eigenvalue weighted by molar-refractivity contribution is 5.45. The Kier molecular flexibility index (Phi) is 5.70. The summed E-state index contributed by atoms with van der Waals surface area (Å²) in [6.07, 6.45) is 7.44. The molecule has 9 heteroatoms. The molecule has 150 valence electrons. The van der Waals surface area contributed by atoms with Gasteiger partial charge in [-0.1, -0.05) is 0 Å². The molecule has 0 aromatic carbocycles. The van der Waals surface area contributed by atoms with Crippen LogP contribution in [0.25, 0.3) is 0 Å². The minimum Gasteiger partial charge on any atom is -0.494 e. The first-order valence-electron chi connectivity index (χ1n) is 9.74. The van der Waals surface area contributed by atoms with Gasteiger partial charge in [0.05, 0.1) is 32.7 Å². The summed E-state index contributed by atoms with van der Waals surface area (Å²) in [4.78, 5) is 24.9. The van der Waals surface area contributed by atoms with E-state index in [4.69, 9.17) is 14.5 Å². The number of nitrogens with zero attached hydrogens (tertiary/aromatic N) is 7. The molecule has 0 spiro atoms. The van der Waals surface area contributed by atoms with Crippen molar-refractivity contribution < 1.29 is 9.47 Å². The van der Waals surface area contributed by atoms with E-state index in [1.807, 2.05) is 12.3 Å². The summed E-state index contributed by atoms with van der Waals surface area (Å²) < 4.78 is 10.6. The third-order valence-electron chi connectivity index (χ3n) is 5.36. The van der Waals surface area contributed by atoms with Gasteiger partial charge in [-0.05, 0) is 18.9 Å². The van der Waals surface area contributed by atoms with Crippen molar-refractivity contribution in [2.45, 2.75) is 18.9 Å². The van der Waals surface area contributed by atoms with E-state index >= 15 is 0 Å². The number of morpholine rings is 1. The van der Waals surface area contributed by atoms with Crippen LogP contribution < -0.4 is 19.4 Å². The van der Waals surface area contributed by atoms with Crippen LogP contribution in [0.4, 0.5) is 17.7 Å². The minimum absolute atomic E-state index is 0.305. The van der Waals surface area contributed by atoms with Gasteiger partial charge in [0.15, 0.2) is 5.75 Å². The number of anilines is 3. The Hall–Kier alpha value is -2.68. The van der Waals surface area contributed by atoms with Crippen molar-refractivity contribution in [2.24, 2.45) is 0 Å². The molecule has 2 aromatic rings. The lowest BCUT2D eigenvalue weighted by Crippen LogP contribution is -2.48. The molecular formula is C19H27N7O2. The Labute approximate surface area is 165 Å². The standard InChI is InChI=1S/C19H27N7O2/c1-24(19-20-6-5-17(23-19)25-8-10-28-11-9-25)15-4-3-7-26(14-15)18-21-12-16(27-2)13-22-18/h5-6,12-13,15H,3-4,7-11,14H2,1-2H3. The largest absolute Gasteiger partial charge is 0.494 e. The van der Waals surface area contributed by atoms with Crippen molar-refractivity contribution in [3.63, 3.8) is 0 Å². The molecule has 9 nitrogen and oxygen atoms in total. The summed E-state index contributed by atoms with van der Waals surface area (Å²) in [5.74, 6) is 3.13. The van der Waals surface area contributed by atoms with Crippen LogP contribution in [0.2, 0.25) is 0 Å². The molecule has 2 saturated heterocycles. The first-order chi connectivity index (χ1) is 13.7. The van der Waals surface area contributed by atoms with Crippen LogP contribution in [0.3, 0.4) is 0 Å². The normalized spacial score (nSPS) is 20.1. The van der Waals surface area contributed by atoms with Crippen LogP contribution in [0.1, 0.15) is 12.8 Å². The number of aromatic nitrogens is 4. The Morgan fingerprint density at radius 1 is 1.11 bits per heavy atom. The number of hydrogen-bond donors (Lipinski definition) is 0. The second kappa shape index (κ2) is 8.55. The SMILES string of the molecule is COc1cnc(N2CCCC(N(C)c3nccc(N4CCOCC4)n3)C2)nc1. The van der Waals surface area contributed by atoms with Crippen molar-refractivity contribution in [1.29, 1.82) is 0 Å². The van der Waals surface area contributed by atoms with Gasteiger partial charge < -0.3 is 24.2 Å². The van der Waals surface area contributed by atoms with Crippen molar-refractivity contribution in [3.8, 4) is 5.75 Å². The maximum Gasteiger partial charge on any atom is 0.227 e. The predicted molar refractivity (Wildman–Crippen MR) is 107 cm³/mol. The zero-order valence-electron chi connectivity index (χ0n) is 16.5. The van der Waals surface area contributed by atoms with Gasteiger partial charge in [-0.25, -0.2) is 15.0 Å². The van der Waals surface area contributed by atoms with Crippen molar-refractivity contribution in [1.82, 2.24) is 19.9 Å². The molecule has 0 radical (unpaired) electrons. The van der Waals surface area contributed by atoms with Crippen molar-refractivity contribution >= 4 is 17.7 Å². The molecule has 0 bridgehead atoms. The van der Waals surface area contributed by atoms with Crippen LogP contribution in [-0.2, 0) is 4.74 Å². The summed E-state index contributed by atoms with van der Waals surface area (Å²) in [6, 6.07) is 2.28. The predicted octanol–water partition coefficient (Wildman–Crippen LogP) is 1.22. The molecule has 2 aromatic heterocycles. The van der Waals surface area contributed by atoms with Crippen LogP contribution in [0.5, 0.6) is 5.75 Å². The Bertz CT molecular complexity index is 767. The molecule has 1 atom stereocenters. The zero-order valence-corrected chi connectivity index (χ0v) is 16.5. The smallest absolute Gasteiger partial charge is 0.227 e. The third kappa shape index (κ3) is 4.09. The van der Waals surface area contributed by atoms with Gasteiger partial charge >= 0.3 is 0 Å². The molecule has 2 fully saturated rings. The van der Waals surface area contributed by atoms with Gasteiger partial charge in [0, 0.05) is 45.5 Å². The third-order valence-corrected chi connectivity index (χ3v) is 5.36.